The van der Waals surface area contributed by atoms with Crippen LogP contribution in [0.25, 0.3) is 0 Å². The molecule has 2 heterocycles. The van der Waals surface area contributed by atoms with E-state index in [1.165, 1.54) is 11.3 Å². The summed E-state index contributed by atoms with van der Waals surface area (Å²) in [6.45, 7) is 6.32. The second-order valence-corrected chi connectivity index (χ2v) is 4.49. The summed E-state index contributed by atoms with van der Waals surface area (Å²) in [6, 6.07) is 0.452. The van der Waals surface area contributed by atoms with Crippen molar-refractivity contribution >= 4 is 0 Å². The van der Waals surface area contributed by atoms with Crippen LogP contribution in [0.3, 0.4) is 0 Å². The van der Waals surface area contributed by atoms with Crippen LogP contribution in [0.5, 0.6) is 0 Å². The summed E-state index contributed by atoms with van der Waals surface area (Å²) in [5.74, 6) is 0. The van der Waals surface area contributed by atoms with E-state index < -0.39 is 0 Å². The summed E-state index contributed by atoms with van der Waals surface area (Å²) in [4.78, 5) is 0. The van der Waals surface area contributed by atoms with Gasteiger partial charge in [-0.1, -0.05) is 6.08 Å². The fraction of sp³-hybridized carbons (Fsp3) is 0.583. The molecule has 0 radical (unpaired) electrons. The van der Waals surface area contributed by atoms with Crippen LogP contribution in [0.4, 0.5) is 0 Å². The van der Waals surface area contributed by atoms with Gasteiger partial charge in [0.1, 0.15) is 0 Å². The lowest BCUT2D eigenvalue weighted by Gasteiger charge is -2.35. The van der Waals surface area contributed by atoms with Crippen molar-refractivity contribution in [2.45, 2.75) is 31.5 Å². The first-order chi connectivity index (χ1) is 7.86. The summed E-state index contributed by atoms with van der Waals surface area (Å²) in [7, 11) is 0. The molecule has 1 aliphatic heterocycles. The van der Waals surface area contributed by atoms with E-state index in [2.05, 4.69) is 23.2 Å². The van der Waals surface area contributed by atoms with Crippen LogP contribution in [0, 0.1) is 0 Å². The molecular weight excluding hydrogens is 202 g/mol. The van der Waals surface area contributed by atoms with Crippen molar-refractivity contribution in [2.75, 3.05) is 13.2 Å². The summed E-state index contributed by atoms with van der Waals surface area (Å²) in [6.07, 6.45) is 6.32. The fourth-order valence-electron chi connectivity index (χ4n) is 2.60. The van der Waals surface area contributed by atoms with E-state index in [-0.39, 0.29) is 0 Å². The standard InChI is InChI=1S/C12H17N3O/c1-2-4-15-8-9-6-12-11(7-10(9)14-15)13-3-5-16-12/h2,8,11-13H,1,3-7H2. The van der Waals surface area contributed by atoms with Crippen molar-refractivity contribution in [2.24, 2.45) is 0 Å². The molecule has 1 N–H and O–H groups in total. The smallest absolute Gasteiger partial charge is 0.0774 e. The SMILES string of the molecule is C=CCn1cc2c(n1)CC1NCCOC1C2. The second-order valence-electron chi connectivity index (χ2n) is 4.49. The van der Waals surface area contributed by atoms with E-state index in [1.807, 2.05) is 10.8 Å². The van der Waals surface area contributed by atoms with Gasteiger partial charge in [-0.2, -0.15) is 5.10 Å². The topological polar surface area (TPSA) is 39.1 Å². The lowest BCUT2D eigenvalue weighted by molar-refractivity contribution is -0.00760. The number of hydrogen-bond acceptors (Lipinski definition) is 3. The maximum atomic E-state index is 5.79. The number of aromatic nitrogens is 2. The van der Waals surface area contributed by atoms with Gasteiger partial charge >= 0.3 is 0 Å². The van der Waals surface area contributed by atoms with E-state index in [4.69, 9.17) is 4.74 Å². The van der Waals surface area contributed by atoms with E-state index in [0.717, 1.165) is 32.5 Å². The Hall–Kier alpha value is -1.13. The Labute approximate surface area is 95.3 Å². The second kappa shape index (κ2) is 4.03. The molecule has 2 unspecified atom stereocenters. The lowest BCUT2D eigenvalue weighted by Crippen LogP contribution is -2.52. The van der Waals surface area contributed by atoms with E-state index in [0.29, 0.717) is 12.1 Å². The number of fused-ring (bicyclic) bond motifs is 2. The van der Waals surface area contributed by atoms with Crippen molar-refractivity contribution in [3.05, 3.63) is 30.1 Å². The van der Waals surface area contributed by atoms with Crippen LogP contribution in [-0.4, -0.2) is 35.1 Å². The molecule has 0 aromatic carbocycles. The molecular formula is C12H17N3O. The number of rotatable bonds is 2. The number of nitrogens with zero attached hydrogens (tertiary/aromatic N) is 2. The molecule has 2 atom stereocenters. The first-order valence-corrected chi connectivity index (χ1v) is 5.88. The maximum absolute atomic E-state index is 5.79. The van der Waals surface area contributed by atoms with Gasteiger partial charge in [0.2, 0.25) is 0 Å². The van der Waals surface area contributed by atoms with Gasteiger partial charge in [-0.05, 0) is 5.56 Å². The molecule has 3 rings (SSSR count). The Kier molecular flexibility index (Phi) is 2.53. The van der Waals surface area contributed by atoms with E-state index in [9.17, 15) is 0 Å². The average Bonchev–Trinajstić information content (AvgIpc) is 2.67. The van der Waals surface area contributed by atoms with Gasteiger partial charge < -0.3 is 10.1 Å². The van der Waals surface area contributed by atoms with Gasteiger partial charge in [0.05, 0.1) is 24.9 Å². The van der Waals surface area contributed by atoms with Gasteiger partial charge in [-0.3, -0.25) is 4.68 Å². The summed E-state index contributed by atoms with van der Waals surface area (Å²) < 4.78 is 7.76. The number of nitrogens with one attached hydrogen (secondary N) is 1. The molecule has 1 aromatic rings. The molecule has 4 nitrogen and oxygen atoms in total. The van der Waals surface area contributed by atoms with Crippen LogP contribution in [-0.2, 0) is 24.1 Å². The minimum absolute atomic E-state index is 0.336. The van der Waals surface area contributed by atoms with Gasteiger partial charge in [0.15, 0.2) is 0 Å². The molecule has 0 bridgehead atoms. The van der Waals surface area contributed by atoms with Gasteiger partial charge in [-0.25, -0.2) is 0 Å². The van der Waals surface area contributed by atoms with E-state index in [1.54, 1.807) is 0 Å². The van der Waals surface area contributed by atoms with Crippen molar-refractivity contribution in [3.8, 4) is 0 Å². The highest BCUT2D eigenvalue weighted by Crippen LogP contribution is 2.24. The van der Waals surface area contributed by atoms with Gasteiger partial charge in [0.25, 0.3) is 0 Å². The highest BCUT2D eigenvalue weighted by atomic mass is 16.5. The molecule has 0 spiro atoms. The van der Waals surface area contributed by atoms with Crippen molar-refractivity contribution in [3.63, 3.8) is 0 Å². The Morgan fingerprint density at radius 3 is 3.44 bits per heavy atom. The van der Waals surface area contributed by atoms with Crippen LogP contribution < -0.4 is 5.32 Å². The maximum Gasteiger partial charge on any atom is 0.0774 e. The quantitative estimate of drug-likeness (QED) is 0.737. The van der Waals surface area contributed by atoms with Crippen molar-refractivity contribution in [1.29, 1.82) is 0 Å². The molecule has 1 aliphatic carbocycles. The van der Waals surface area contributed by atoms with E-state index >= 15 is 0 Å². The molecule has 0 amide bonds. The highest BCUT2D eigenvalue weighted by Gasteiger charge is 2.32. The fourth-order valence-corrected chi connectivity index (χ4v) is 2.60. The molecule has 4 heteroatoms. The monoisotopic (exact) mass is 219 g/mol. The molecule has 1 aromatic heterocycles. The molecule has 86 valence electrons. The first-order valence-electron chi connectivity index (χ1n) is 5.88. The number of ether oxygens (including phenoxy) is 1. The summed E-state index contributed by atoms with van der Waals surface area (Å²) in [5.41, 5.74) is 2.56. The zero-order chi connectivity index (χ0) is 11.0. The normalized spacial score (nSPS) is 28.2. The van der Waals surface area contributed by atoms with Gasteiger partial charge in [-0.15, -0.1) is 6.58 Å². The summed E-state index contributed by atoms with van der Waals surface area (Å²) >= 11 is 0. The lowest BCUT2D eigenvalue weighted by atomic mass is 9.90. The van der Waals surface area contributed by atoms with Crippen LogP contribution in [0.2, 0.25) is 0 Å². The Morgan fingerprint density at radius 2 is 2.56 bits per heavy atom. The average molecular weight is 219 g/mol. The molecule has 1 saturated heterocycles. The molecule has 0 saturated carbocycles. The Morgan fingerprint density at radius 1 is 1.62 bits per heavy atom. The minimum Gasteiger partial charge on any atom is -0.375 e. The van der Waals surface area contributed by atoms with Gasteiger partial charge in [0, 0.05) is 31.6 Å². The Balaban J connectivity index is 1.84. The van der Waals surface area contributed by atoms with Crippen molar-refractivity contribution < 1.29 is 4.74 Å². The highest BCUT2D eigenvalue weighted by molar-refractivity contribution is 5.24. The number of hydrogen-bond donors (Lipinski definition) is 1. The molecule has 1 fully saturated rings. The Bertz CT molecular complexity index is 367. The zero-order valence-electron chi connectivity index (χ0n) is 9.35. The number of morpholine rings is 1. The zero-order valence-corrected chi connectivity index (χ0v) is 9.35. The van der Waals surface area contributed by atoms with Crippen molar-refractivity contribution in [1.82, 2.24) is 15.1 Å². The van der Waals surface area contributed by atoms with Crippen LogP contribution in [0.1, 0.15) is 11.3 Å². The minimum atomic E-state index is 0.336. The third kappa shape index (κ3) is 1.68. The molecule has 16 heavy (non-hydrogen) atoms. The largest absolute Gasteiger partial charge is 0.375 e. The summed E-state index contributed by atoms with van der Waals surface area (Å²) in [5, 5.41) is 8.09. The third-order valence-corrected chi connectivity index (χ3v) is 3.36. The third-order valence-electron chi connectivity index (χ3n) is 3.36. The predicted molar refractivity (Wildman–Crippen MR) is 61.4 cm³/mol. The van der Waals surface area contributed by atoms with Crippen LogP contribution in [0.15, 0.2) is 18.9 Å². The van der Waals surface area contributed by atoms with Crippen LogP contribution >= 0.6 is 0 Å². The molecule has 2 aliphatic rings. The number of allylic oxidation sites excluding steroid dienone is 1. The first kappa shape index (κ1) is 10.1. The predicted octanol–water partition coefficient (Wildman–Crippen LogP) is 0.525.